The summed E-state index contributed by atoms with van der Waals surface area (Å²) >= 11 is 6.09. The molecule has 0 bridgehead atoms. The van der Waals surface area contributed by atoms with Crippen LogP contribution in [-0.2, 0) is 10.2 Å². The molecule has 5 nitrogen and oxygen atoms in total. The maximum Gasteiger partial charge on any atom is 0.282 e. The Morgan fingerprint density at radius 1 is 1.22 bits per heavy atom. The van der Waals surface area contributed by atoms with Crippen LogP contribution >= 0.6 is 11.6 Å². The van der Waals surface area contributed by atoms with E-state index in [-0.39, 0.29) is 6.04 Å². The van der Waals surface area contributed by atoms with Crippen molar-refractivity contribution in [1.29, 1.82) is 0 Å². The minimum absolute atomic E-state index is 0.202. The molecule has 2 heterocycles. The third kappa shape index (κ3) is 3.72. The Balaban J connectivity index is 1.86. The Morgan fingerprint density at radius 2 is 1.96 bits per heavy atom. The summed E-state index contributed by atoms with van der Waals surface area (Å²) in [5.74, 6) is 0.605. The zero-order valence-corrected chi connectivity index (χ0v) is 15.0. The van der Waals surface area contributed by atoms with E-state index in [2.05, 4.69) is 12.2 Å². The second-order valence-electron chi connectivity index (χ2n) is 6.47. The molecule has 0 saturated carbocycles. The zero-order valence-electron chi connectivity index (χ0n) is 13.4. The maximum atomic E-state index is 13.1. The first kappa shape index (κ1) is 17.2. The van der Waals surface area contributed by atoms with Crippen molar-refractivity contribution in [1.82, 2.24) is 13.9 Å². The van der Waals surface area contributed by atoms with Gasteiger partial charge < -0.3 is 5.32 Å². The Hall–Kier alpha value is -0.660. The minimum Gasteiger partial charge on any atom is -0.313 e. The summed E-state index contributed by atoms with van der Waals surface area (Å²) in [7, 11) is -3.44. The molecule has 3 rings (SSSR count). The van der Waals surface area contributed by atoms with Gasteiger partial charge in [-0.3, -0.25) is 0 Å². The summed E-state index contributed by atoms with van der Waals surface area (Å²) in [4.78, 5) is 0. The fraction of sp³-hybridized carbons (Fsp3) is 0.625. The zero-order chi connectivity index (χ0) is 16.4. The molecule has 1 atom stereocenters. The van der Waals surface area contributed by atoms with Crippen LogP contribution in [0, 0.1) is 5.92 Å². The molecule has 0 radical (unpaired) electrons. The molecular weight excluding hydrogens is 334 g/mol. The summed E-state index contributed by atoms with van der Waals surface area (Å²) in [6, 6.07) is 7.29. The lowest BCUT2D eigenvalue weighted by molar-refractivity contribution is 0.223. The van der Waals surface area contributed by atoms with E-state index in [1.807, 2.05) is 24.3 Å². The van der Waals surface area contributed by atoms with Gasteiger partial charge in [-0.1, -0.05) is 30.7 Å². The normalized spacial score (nSPS) is 25.6. The van der Waals surface area contributed by atoms with E-state index in [1.165, 1.54) is 0 Å². The van der Waals surface area contributed by atoms with Crippen LogP contribution < -0.4 is 5.32 Å². The lowest BCUT2D eigenvalue weighted by atomic mass is 10.0. The van der Waals surface area contributed by atoms with Crippen LogP contribution in [0.2, 0.25) is 5.02 Å². The van der Waals surface area contributed by atoms with Crippen LogP contribution in [0.5, 0.6) is 0 Å². The minimum atomic E-state index is -3.44. The number of hydrogen-bond acceptors (Lipinski definition) is 3. The molecule has 1 unspecified atom stereocenters. The van der Waals surface area contributed by atoms with Crippen molar-refractivity contribution in [3.05, 3.63) is 34.9 Å². The number of nitrogens with one attached hydrogen (secondary N) is 1. The Bertz CT molecular complexity index is 644. The van der Waals surface area contributed by atoms with Gasteiger partial charge in [0.15, 0.2) is 0 Å². The fourth-order valence-corrected chi connectivity index (χ4v) is 5.33. The predicted octanol–water partition coefficient (Wildman–Crippen LogP) is 2.26. The molecule has 1 aromatic carbocycles. The van der Waals surface area contributed by atoms with Crippen LogP contribution in [0.25, 0.3) is 0 Å². The molecule has 2 aliphatic heterocycles. The SMILES string of the molecule is CC1CCN(S(=O)(=O)N2CCNCC2c2cccc(Cl)c2)CC1. The monoisotopic (exact) mass is 357 g/mol. The first-order valence-electron chi connectivity index (χ1n) is 8.21. The number of benzene rings is 1. The van der Waals surface area contributed by atoms with Crippen LogP contribution in [0.1, 0.15) is 31.4 Å². The molecule has 0 aliphatic carbocycles. The number of piperidine rings is 1. The third-order valence-corrected chi connectivity index (χ3v) is 7.08. The van der Waals surface area contributed by atoms with E-state index < -0.39 is 10.2 Å². The number of hydrogen-bond donors (Lipinski definition) is 1. The van der Waals surface area contributed by atoms with E-state index in [0.29, 0.717) is 43.7 Å². The summed E-state index contributed by atoms with van der Waals surface area (Å²) < 4.78 is 29.5. The molecular formula is C16H24ClN3O2S. The van der Waals surface area contributed by atoms with Crippen LogP contribution in [0.4, 0.5) is 0 Å². The van der Waals surface area contributed by atoms with E-state index in [0.717, 1.165) is 18.4 Å². The van der Waals surface area contributed by atoms with Gasteiger partial charge in [0.1, 0.15) is 0 Å². The highest BCUT2D eigenvalue weighted by Gasteiger charge is 2.38. The number of nitrogens with zero attached hydrogens (tertiary/aromatic N) is 2. The first-order chi connectivity index (χ1) is 11.0. The van der Waals surface area contributed by atoms with E-state index in [9.17, 15) is 8.42 Å². The average molecular weight is 358 g/mol. The van der Waals surface area contributed by atoms with E-state index in [1.54, 1.807) is 8.61 Å². The smallest absolute Gasteiger partial charge is 0.282 e. The van der Waals surface area contributed by atoms with Gasteiger partial charge in [-0.05, 0) is 36.5 Å². The molecule has 2 aliphatic rings. The second kappa shape index (κ2) is 7.07. The summed E-state index contributed by atoms with van der Waals surface area (Å²) in [6.45, 7) is 5.21. The first-order valence-corrected chi connectivity index (χ1v) is 9.99. The molecule has 2 fully saturated rings. The molecule has 1 N–H and O–H groups in total. The largest absolute Gasteiger partial charge is 0.313 e. The highest BCUT2D eigenvalue weighted by molar-refractivity contribution is 7.86. The standard InChI is InChI=1S/C16H24ClN3O2S/c1-13-5-8-19(9-6-13)23(21,22)20-10-7-18-12-16(20)14-3-2-4-15(17)11-14/h2-4,11,13,16,18H,5-10,12H2,1H3. The van der Waals surface area contributed by atoms with Gasteiger partial charge in [-0.15, -0.1) is 0 Å². The Morgan fingerprint density at radius 3 is 2.65 bits per heavy atom. The van der Waals surface area contributed by atoms with Crippen molar-refractivity contribution in [2.75, 3.05) is 32.7 Å². The van der Waals surface area contributed by atoms with Crippen molar-refractivity contribution in [2.45, 2.75) is 25.8 Å². The van der Waals surface area contributed by atoms with Gasteiger partial charge in [-0.2, -0.15) is 17.0 Å². The van der Waals surface area contributed by atoms with Crippen LogP contribution in [0.15, 0.2) is 24.3 Å². The van der Waals surface area contributed by atoms with Gasteiger partial charge in [0, 0.05) is 37.7 Å². The molecule has 7 heteroatoms. The average Bonchev–Trinajstić information content (AvgIpc) is 2.55. The van der Waals surface area contributed by atoms with Gasteiger partial charge in [0.05, 0.1) is 6.04 Å². The number of halogens is 1. The second-order valence-corrected chi connectivity index (χ2v) is 8.79. The highest BCUT2D eigenvalue weighted by atomic mass is 35.5. The van der Waals surface area contributed by atoms with Crippen molar-refractivity contribution >= 4 is 21.8 Å². The van der Waals surface area contributed by atoms with Crippen LogP contribution in [-0.4, -0.2) is 49.8 Å². The summed E-state index contributed by atoms with van der Waals surface area (Å²) in [5, 5.41) is 3.93. The lowest BCUT2D eigenvalue weighted by Crippen LogP contribution is -2.54. The van der Waals surface area contributed by atoms with Crippen molar-refractivity contribution < 1.29 is 8.42 Å². The molecule has 2 saturated heterocycles. The van der Waals surface area contributed by atoms with E-state index in [4.69, 9.17) is 11.6 Å². The highest BCUT2D eigenvalue weighted by Crippen LogP contribution is 2.30. The quantitative estimate of drug-likeness (QED) is 0.902. The number of rotatable bonds is 3. The molecule has 0 aromatic heterocycles. The molecule has 0 amide bonds. The molecule has 1 aromatic rings. The molecule has 23 heavy (non-hydrogen) atoms. The molecule has 128 valence electrons. The van der Waals surface area contributed by atoms with Gasteiger partial charge in [0.25, 0.3) is 10.2 Å². The van der Waals surface area contributed by atoms with E-state index >= 15 is 0 Å². The summed E-state index contributed by atoms with van der Waals surface area (Å²) in [5.41, 5.74) is 0.943. The molecule has 0 spiro atoms. The lowest BCUT2D eigenvalue weighted by Gasteiger charge is -2.40. The Kier molecular flexibility index (Phi) is 5.28. The van der Waals surface area contributed by atoms with Gasteiger partial charge in [0.2, 0.25) is 0 Å². The van der Waals surface area contributed by atoms with Crippen molar-refractivity contribution in [3.63, 3.8) is 0 Å². The topological polar surface area (TPSA) is 52.7 Å². The number of piperazine rings is 1. The third-order valence-electron chi connectivity index (χ3n) is 4.79. The maximum absolute atomic E-state index is 13.1. The van der Waals surface area contributed by atoms with Crippen molar-refractivity contribution in [2.24, 2.45) is 5.92 Å². The van der Waals surface area contributed by atoms with Crippen molar-refractivity contribution in [3.8, 4) is 0 Å². The fourth-order valence-electron chi connectivity index (χ4n) is 3.32. The Labute approximate surface area is 143 Å². The van der Waals surface area contributed by atoms with Crippen LogP contribution in [0.3, 0.4) is 0 Å². The predicted molar refractivity (Wildman–Crippen MR) is 92.7 cm³/mol. The summed E-state index contributed by atoms with van der Waals surface area (Å²) in [6.07, 6.45) is 1.88. The van der Waals surface area contributed by atoms with Gasteiger partial charge >= 0.3 is 0 Å². The van der Waals surface area contributed by atoms with Gasteiger partial charge in [-0.25, -0.2) is 0 Å².